The molecule has 0 fully saturated rings. The molecule has 30 heavy (non-hydrogen) atoms. The normalized spacial score (nSPS) is 11.7. The summed E-state index contributed by atoms with van der Waals surface area (Å²) in [6.07, 6.45) is -1.10. The lowest BCUT2D eigenvalue weighted by atomic mass is 10.1. The van der Waals surface area contributed by atoms with Crippen LogP contribution in [0.2, 0.25) is 0 Å². The van der Waals surface area contributed by atoms with Crippen molar-refractivity contribution in [2.75, 3.05) is 0 Å². The number of carbonyl (C=O) groups is 2. The van der Waals surface area contributed by atoms with Crippen LogP contribution < -0.4 is 9.47 Å². The van der Waals surface area contributed by atoms with Crippen LogP contribution >= 0.6 is 0 Å². The van der Waals surface area contributed by atoms with Crippen LogP contribution in [0.15, 0.2) is 71.1 Å². The van der Waals surface area contributed by atoms with Gasteiger partial charge in [0.25, 0.3) is 0 Å². The molecule has 0 bridgehead atoms. The summed E-state index contributed by atoms with van der Waals surface area (Å²) >= 11 is 0. The summed E-state index contributed by atoms with van der Waals surface area (Å²) in [6, 6.07) is 17.2. The summed E-state index contributed by atoms with van der Waals surface area (Å²) in [5, 5.41) is 0. The standard InChI is InChI=1S/C22H18F2O6/c1-14(20(25)15-7-9-17(10-8-15)30-22(23)24)28-21(26)19-12-11-18(29-19)13-27-16-5-3-2-4-6-16/h2-12,14,22H,13H2,1H3. The number of hydrogen-bond acceptors (Lipinski definition) is 6. The van der Waals surface area contributed by atoms with Gasteiger partial charge < -0.3 is 18.6 Å². The second-order valence-electron chi connectivity index (χ2n) is 6.18. The number of hydrogen-bond donors (Lipinski definition) is 0. The number of furan rings is 1. The highest BCUT2D eigenvalue weighted by atomic mass is 19.3. The Hall–Kier alpha value is -3.68. The maximum Gasteiger partial charge on any atom is 0.387 e. The van der Waals surface area contributed by atoms with Gasteiger partial charge in [-0.1, -0.05) is 18.2 Å². The highest BCUT2D eigenvalue weighted by Gasteiger charge is 2.22. The van der Waals surface area contributed by atoms with Gasteiger partial charge in [0.1, 0.15) is 23.9 Å². The van der Waals surface area contributed by atoms with Crippen LogP contribution in [0.5, 0.6) is 11.5 Å². The summed E-state index contributed by atoms with van der Waals surface area (Å²) in [5.41, 5.74) is 0.188. The lowest BCUT2D eigenvalue weighted by molar-refractivity contribution is -0.0498. The highest BCUT2D eigenvalue weighted by molar-refractivity contribution is 6.01. The number of rotatable bonds is 9. The van der Waals surface area contributed by atoms with E-state index in [1.807, 2.05) is 18.2 Å². The molecule has 1 heterocycles. The number of para-hydroxylation sites is 1. The Morgan fingerprint density at radius 2 is 1.63 bits per heavy atom. The molecule has 0 aliphatic carbocycles. The average Bonchev–Trinajstić information content (AvgIpc) is 3.22. The Balaban J connectivity index is 1.54. The van der Waals surface area contributed by atoms with Crippen LogP contribution in [-0.4, -0.2) is 24.5 Å². The van der Waals surface area contributed by atoms with Crippen LogP contribution in [0.1, 0.15) is 33.6 Å². The van der Waals surface area contributed by atoms with Crippen molar-refractivity contribution < 1.29 is 37.0 Å². The van der Waals surface area contributed by atoms with E-state index in [1.54, 1.807) is 18.2 Å². The summed E-state index contributed by atoms with van der Waals surface area (Å²) in [5.74, 6) is -0.374. The third kappa shape index (κ3) is 5.66. The van der Waals surface area contributed by atoms with Gasteiger partial charge in [0, 0.05) is 5.56 Å². The van der Waals surface area contributed by atoms with Crippen molar-refractivity contribution in [3.05, 3.63) is 83.8 Å². The van der Waals surface area contributed by atoms with E-state index < -0.39 is 24.5 Å². The molecule has 0 aliphatic heterocycles. The maximum atomic E-state index is 12.4. The van der Waals surface area contributed by atoms with E-state index in [0.717, 1.165) is 0 Å². The van der Waals surface area contributed by atoms with Crippen LogP contribution in [0, 0.1) is 0 Å². The van der Waals surface area contributed by atoms with E-state index in [1.165, 1.54) is 37.3 Å². The number of halogens is 2. The van der Waals surface area contributed by atoms with Gasteiger partial charge in [0.15, 0.2) is 6.10 Å². The van der Waals surface area contributed by atoms with Gasteiger partial charge in [-0.25, -0.2) is 4.79 Å². The molecule has 0 spiro atoms. The quantitative estimate of drug-likeness (QED) is 0.365. The molecule has 156 valence electrons. The van der Waals surface area contributed by atoms with Crippen molar-refractivity contribution in [2.24, 2.45) is 0 Å². The van der Waals surface area contributed by atoms with Crippen molar-refractivity contribution in [1.82, 2.24) is 0 Å². The molecule has 1 unspecified atom stereocenters. The first kappa shape index (κ1) is 21.0. The van der Waals surface area contributed by atoms with E-state index >= 15 is 0 Å². The molecule has 1 aromatic heterocycles. The first-order valence-electron chi connectivity index (χ1n) is 8.99. The predicted octanol–water partition coefficient (Wildman–Crippen LogP) is 4.89. The molecule has 0 saturated heterocycles. The van der Waals surface area contributed by atoms with E-state index in [9.17, 15) is 18.4 Å². The van der Waals surface area contributed by atoms with Crippen LogP contribution in [0.25, 0.3) is 0 Å². The molecule has 3 aromatic rings. The number of esters is 1. The zero-order valence-electron chi connectivity index (χ0n) is 15.9. The van der Waals surface area contributed by atoms with E-state index in [0.29, 0.717) is 11.5 Å². The number of alkyl halides is 2. The predicted molar refractivity (Wildman–Crippen MR) is 102 cm³/mol. The van der Waals surface area contributed by atoms with Crippen molar-refractivity contribution in [3.8, 4) is 11.5 Å². The first-order chi connectivity index (χ1) is 14.4. The average molecular weight is 416 g/mol. The summed E-state index contributed by atoms with van der Waals surface area (Å²) < 4.78 is 44.7. The fourth-order valence-corrected chi connectivity index (χ4v) is 2.54. The molecule has 0 saturated carbocycles. The Bertz CT molecular complexity index is 982. The van der Waals surface area contributed by atoms with Gasteiger partial charge in [-0.3, -0.25) is 4.79 Å². The van der Waals surface area contributed by atoms with Crippen molar-refractivity contribution in [2.45, 2.75) is 26.2 Å². The highest BCUT2D eigenvalue weighted by Crippen LogP contribution is 2.18. The minimum Gasteiger partial charge on any atom is -0.486 e. The Morgan fingerprint density at radius 3 is 2.30 bits per heavy atom. The number of Topliss-reactive ketones (excluding diaryl/α,β-unsaturated/α-hetero) is 1. The van der Waals surface area contributed by atoms with Gasteiger partial charge in [0.2, 0.25) is 11.5 Å². The molecular formula is C22H18F2O6. The zero-order chi connectivity index (χ0) is 21.5. The molecule has 6 nitrogen and oxygen atoms in total. The number of ether oxygens (including phenoxy) is 3. The molecule has 0 aliphatic rings. The smallest absolute Gasteiger partial charge is 0.387 e. The Labute approximate surface area is 171 Å². The molecule has 0 radical (unpaired) electrons. The third-order valence-electron chi connectivity index (χ3n) is 4.00. The van der Waals surface area contributed by atoms with Crippen molar-refractivity contribution >= 4 is 11.8 Å². The summed E-state index contributed by atoms with van der Waals surface area (Å²) in [4.78, 5) is 24.6. The lowest BCUT2D eigenvalue weighted by Crippen LogP contribution is -2.24. The minimum atomic E-state index is -2.96. The van der Waals surface area contributed by atoms with Gasteiger partial charge >= 0.3 is 12.6 Å². The summed E-state index contributed by atoms with van der Waals surface area (Å²) in [7, 11) is 0. The largest absolute Gasteiger partial charge is 0.486 e. The summed E-state index contributed by atoms with van der Waals surface area (Å²) in [6.45, 7) is -1.42. The van der Waals surface area contributed by atoms with Gasteiger partial charge in [-0.05, 0) is 55.5 Å². The zero-order valence-corrected chi connectivity index (χ0v) is 15.9. The number of carbonyl (C=O) groups excluding carboxylic acids is 2. The van der Waals surface area contributed by atoms with Gasteiger partial charge in [-0.2, -0.15) is 8.78 Å². The third-order valence-corrected chi connectivity index (χ3v) is 4.00. The fraction of sp³-hybridized carbons (Fsp3) is 0.182. The van der Waals surface area contributed by atoms with E-state index in [4.69, 9.17) is 13.9 Å². The molecule has 0 amide bonds. The van der Waals surface area contributed by atoms with Crippen molar-refractivity contribution in [1.29, 1.82) is 0 Å². The fourth-order valence-electron chi connectivity index (χ4n) is 2.54. The second-order valence-corrected chi connectivity index (χ2v) is 6.18. The van der Waals surface area contributed by atoms with E-state index in [-0.39, 0.29) is 23.7 Å². The molecule has 0 N–H and O–H groups in total. The van der Waals surface area contributed by atoms with Gasteiger partial charge in [-0.15, -0.1) is 0 Å². The SMILES string of the molecule is CC(OC(=O)c1ccc(COc2ccccc2)o1)C(=O)c1ccc(OC(F)F)cc1. The molecule has 8 heteroatoms. The monoisotopic (exact) mass is 416 g/mol. The molecular weight excluding hydrogens is 398 g/mol. The molecule has 1 atom stereocenters. The minimum absolute atomic E-state index is 0.0676. The van der Waals surface area contributed by atoms with Crippen LogP contribution in [-0.2, 0) is 11.3 Å². The Kier molecular flexibility index (Phi) is 6.79. The Morgan fingerprint density at radius 1 is 0.933 bits per heavy atom. The number of ketones is 1. The lowest BCUT2D eigenvalue weighted by Gasteiger charge is -2.12. The number of benzene rings is 2. The maximum absolute atomic E-state index is 12.4. The molecule has 3 rings (SSSR count). The van der Waals surface area contributed by atoms with Gasteiger partial charge in [0.05, 0.1) is 0 Å². The topological polar surface area (TPSA) is 75.0 Å². The second kappa shape index (κ2) is 9.69. The van der Waals surface area contributed by atoms with Crippen LogP contribution in [0.3, 0.4) is 0 Å². The molecule has 2 aromatic carbocycles. The first-order valence-corrected chi connectivity index (χ1v) is 8.99. The van der Waals surface area contributed by atoms with E-state index in [2.05, 4.69) is 4.74 Å². The van der Waals surface area contributed by atoms with Crippen molar-refractivity contribution in [3.63, 3.8) is 0 Å². The van der Waals surface area contributed by atoms with Crippen LogP contribution in [0.4, 0.5) is 8.78 Å².